The van der Waals surface area contributed by atoms with Crippen LogP contribution in [-0.2, 0) is 4.74 Å². The van der Waals surface area contributed by atoms with E-state index in [-0.39, 0.29) is 46.3 Å². The van der Waals surface area contributed by atoms with Crippen molar-refractivity contribution in [1.82, 2.24) is 14.9 Å². The topological polar surface area (TPSA) is 91.6 Å². The molecule has 33 heavy (non-hydrogen) atoms. The summed E-state index contributed by atoms with van der Waals surface area (Å²) in [4.78, 5) is 25.8. The number of rotatable bonds is 0. The Morgan fingerprint density at radius 1 is 1.30 bits per heavy atom. The number of anilines is 1. The van der Waals surface area contributed by atoms with E-state index in [4.69, 9.17) is 21.1 Å². The van der Waals surface area contributed by atoms with Gasteiger partial charge in [0.15, 0.2) is 11.0 Å². The van der Waals surface area contributed by atoms with E-state index >= 15 is 4.39 Å². The number of aromatic nitrogens is 2. The summed E-state index contributed by atoms with van der Waals surface area (Å²) in [5, 5.41) is 9.99. The van der Waals surface area contributed by atoms with Crippen LogP contribution in [0.5, 0.6) is 5.88 Å². The molecule has 5 rings (SSSR count). The largest absolute Gasteiger partial charge is 0.472 e. The Morgan fingerprint density at radius 2 is 2.03 bits per heavy atom. The third-order valence-electron chi connectivity index (χ3n) is 6.70. The van der Waals surface area contributed by atoms with Crippen molar-refractivity contribution in [3.05, 3.63) is 22.2 Å². The first-order valence-electron chi connectivity index (χ1n) is 11.1. The highest BCUT2D eigenvalue weighted by molar-refractivity contribution is 6.30. The quantitative estimate of drug-likeness (QED) is 0.525. The molecule has 5 heterocycles. The Morgan fingerprint density at radius 3 is 2.70 bits per heavy atom. The van der Waals surface area contributed by atoms with E-state index < -0.39 is 17.5 Å². The monoisotopic (exact) mass is 473 g/mol. The second-order valence-electron chi connectivity index (χ2n) is 9.94. The lowest BCUT2D eigenvalue weighted by Gasteiger charge is -2.48. The molecule has 0 aromatic carbocycles. The summed E-state index contributed by atoms with van der Waals surface area (Å²) in [5.41, 5.74) is -0.0933. The van der Waals surface area contributed by atoms with Gasteiger partial charge in [-0.05, 0) is 53.0 Å². The van der Waals surface area contributed by atoms with Gasteiger partial charge in [0.25, 0.3) is 0 Å². The molecule has 0 aliphatic carbocycles. The van der Waals surface area contributed by atoms with E-state index in [0.717, 1.165) is 12.8 Å². The number of ether oxygens (including phenoxy) is 2. The number of hydrogen-bond acceptors (Lipinski definition) is 7. The number of carbonyl (C=O) groups excluding carboxylic acids is 1. The van der Waals surface area contributed by atoms with E-state index in [0.29, 0.717) is 23.3 Å². The number of carbonyl (C=O) groups is 1. The molecule has 2 bridgehead atoms. The summed E-state index contributed by atoms with van der Waals surface area (Å²) < 4.78 is 27.1. The first kappa shape index (κ1) is 22.0. The van der Waals surface area contributed by atoms with Gasteiger partial charge in [-0.25, -0.2) is 14.2 Å². The smallest absolute Gasteiger partial charge is 0.410 e. The molecule has 3 aliphatic heterocycles. The molecule has 0 radical (unpaired) electrons. The highest BCUT2D eigenvalue weighted by Crippen LogP contribution is 2.46. The van der Waals surface area contributed by atoms with Crippen LogP contribution in [0.1, 0.15) is 51.8 Å². The third-order valence-corrected chi connectivity index (χ3v) is 6.95. The van der Waals surface area contributed by atoms with Crippen LogP contribution in [-0.4, -0.2) is 57.3 Å². The minimum Gasteiger partial charge on any atom is -0.472 e. The van der Waals surface area contributed by atoms with Crippen LogP contribution in [0.4, 0.5) is 15.0 Å². The molecule has 2 saturated heterocycles. The van der Waals surface area contributed by atoms with E-state index in [1.54, 1.807) is 6.92 Å². The number of nitrogens with zero attached hydrogens (tertiary/aromatic N) is 5. The molecular weight excluding hydrogens is 449 g/mol. The van der Waals surface area contributed by atoms with Crippen molar-refractivity contribution < 1.29 is 18.7 Å². The Bertz CT molecular complexity index is 1220. The first-order chi connectivity index (χ1) is 15.5. The van der Waals surface area contributed by atoms with Crippen molar-refractivity contribution in [3.63, 3.8) is 0 Å². The Labute approximate surface area is 196 Å². The predicted molar refractivity (Wildman–Crippen MR) is 120 cm³/mol. The van der Waals surface area contributed by atoms with Gasteiger partial charge in [0.05, 0.1) is 23.5 Å². The number of piperazine rings is 1. The molecule has 3 aliphatic rings. The Balaban J connectivity index is 1.68. The van der Waals surface area contributed by atoms with Crippen molar-refractivity contribution in [1.29, 1.82) is 5.26 Å². The van der Waals surface area contributed by atoms with Crippen molar-refractivity contribution in [2.45, 2.75) is 77.3 Å². The number of aryl methyl sites for hydroxylation is 1. The molecule has 0 unspecified atom stereocenters. The van der Waals surface area contributed by atoms with Crippen LogP contribution in [0.3, 0.4) is 0 Å². The van der Waals surface area contributed by atoms with E-state index in [1.165, 1.54) is 0 Å². The number of nitriles is 1. The zero-order valence-corrected chi connectivity index (χ0v) is 19.9. The molecule has 0 N–H and O–H groups in total. The molecule has 2 fully saturated rings. The highest BCUT2D eigenvalue weighted by atomic mass is 35.5. The van der Waals surface area contributed by atoms with Crippen LogP contribution in [0.25, 0.3) is 10.8 Å². The summed E-state index contributed by atoms with van der Waals surface area (Å²) in [7, 11) is 0. The van der Waals surface area contributed by atoms with Crippen molar-refractivity contribution in [2.75, 3.05) is 11.4 Å². The highest BCUT2D eigenvalue weighted by Gasteiger charge is 2.53. The average molecular weight is 474 g/mol. The maximum atomic E-state index is 15.2. The van der Waals surface area contributed by atoms with Crippen molar-refractivity contribution in [3.8, 4) is 11.9 Å². The fourth-order valence-electron chi connectivity index (χ4n) is 5.46. The lowest BCUT2D eigenvalue weighted by atomic mass is 9.97. The van der Waals surface area contributed by atoms with Gasteiger partial charge in [-0.3, -0.25) is 4.90 Å². The van der Waals surface area contributed by atoms with Gasteiger partial charge >= 0.3 is 6.09 Å². The van der Waals surface area contributed by atoms with Gasteiger partial charge in [0, 0.05) is 11.9 Å². The van der Waals surface area contributed by atoms with Gasteiger partial charge in [-0.1, -0.05) is 11.6 Å². The third kappa shape index (κ3) is 3.26. The summed E-state index contributed by atoms with van der Waals surface area (Å²) >= 11 is 6.11. The number of amides is 1. The van der Waals surface area contributed by atoms with Gasteiger partial charge in [-0.15, -0.1) is 0 Å². The number of hydrogen-bond donors (Lipinski definition) is 0. The second-order valence-corrected chi connectivity index (χ2v) is 10.3. The SMILES string of the molecule is Cc1c(C#N)nc2c3c(nc(Cl)c(F)c13)O[C@@H](C)[C@@H]1[C@@H]3CC[C@H](CN21)N3C(=O)OC(C)(C)C. The van der Waals surface area contributed by atoms with Gasteiger partial charge in [0.1, 0.15) is 29.3 Å². The van der Waals surface area contributed by atoms with E-state index in [1.807, 2.05) is 32.6 Å². The number of pyridine rings is 2. The van der Waals surface area contributed by atoms with E-state index in [2.05, 4.69) is 20.9 Å². The molecule has 0 spiro atoms. The molecule has 2 aromatic heterocycles. The molecular formula is C23H25ClFN5O3. The second kappa shape index (κ2) is 7.32. The summed E-state index contributed by atoms with van der Waals surface area (Å²) in [6, 6.07) is 1.51. The summed E-state index contributed by atoms with van der Waals surface area (Å²) in [6.45, 7) is 9.54. The van der Waals surface area contributed by atoms with Crippen LogP contribution in [0.15, 0.2) is 0 Å². The summed E-state index contributed by atoms with van der Waals surface area (Å²) in [6.07, 6.45) is 0.827. The maximum absolute atomic E-state index is 15.2. The summed E-state index contributed by atoms with van der Waals surface area (Å²) in [5.74, 6) is -0.0634. The molecule has 2 aromatic rings. The fraction of sp³-hybridized carbons (Fsp3) is 0.565. The normalized spacial score (nSPS) is 25.9. The van der Waals surface area contributed by atoms with Gasteiger partial charge < -0.3 is 14.4 Å². The predicted octanol–water partition coefficient (Wildman–Crippen LogP) is 4.34. The molecule has 8 nitrogen and oxygen atoms in total. The fourth-order valence-corrected chi connectivity index (χ4v) is 5.63. The van der Waals surface area contributed by atoms with E-state index in [9.17, 15) is 10.1 Å². The zero-order valence-electron chi connectivity index (χ0n) is 19.1. The van der Waals surface area contributed by atoms with Crippen molar-refractivity contribution >= 4 is 34.3 Å². The zero-order chi connectivity index (χ0) is 23.8. The molecule has 0 saturated carbocycles. The van der Waals surface area contributed by atoms with Gasteiger partial charge in [-0.2, -0.15) is 10.2 Å². The lowest BCUT2D eigenvalue weighted by molar-refractivity contribution is 0.000958. The lowest BCUT2D eigenvalue weighted by Crippen LogP contribution is -2.65. The average Bonchev–Trinajstić information content (AvgIpc) is 2.97. The standard InChI is InChI=1S/C23H25ClFN5O3/c1-10-13(8-26)27-20-16-15(10)17(25)19(24)28-21(16)32-11(2)18-14-7-6-12(9-29(18)20)30(14)22(31)33-23(3,4)5/h11-12,14,18H,6-7,9H2,1-5H3/t11-,12+,14-,18+/m0/s1. The first-order valence-corrected chi connectivity index (χ1v) is 11.4. The maximum Gasteiger partial charge on any atom is 0.410 e. The molecule has 4 atom stereocenters. The molecule has 174 valence electrons. The Kier molecular flexibility index (Phi) is 4.87. The van der Waals surface area contributed by atoms with Crippen LogP contribution in [0, 0.1) is 24.1 Å². The van der Waals surface area contributed by atoms with Crippen LogP contribution < -0.4 is 9.64 Å². The number of fused-ring (bicyclic) bond motifs is 5. The Hall–Kier alpha value is -2.86. The molecule has 10 heteroatoms. The minimum absolute atomic E-state index is 0.0938. The van der Waals surface area contributed by atoms with Crippen LogP contribution >= 0.6 is 11.6 Å². The van der Waals surface area contributed by atoms with Gasteiger partial charge in [0.2, 0.25) is 5.88 Å². The minimum atomic E-state index is -0.696. The van der Waals surface area contributed by atoms with Crippen molar-refractivity contribution in [2.24, 2.45) is 0 Å². The molecule has 1 amide bonds. The number of halogens is 2. The van der Waals surface area contributed by atoms with Crippen LogP contribution in [0.2, 0.25) is 5.15 Å².